The summed E-state index contributed by atoms with van der Waals surface area (Å²) in [7, 11) is -3.74. The fourth-order valence-electron chi connectivity index (χ4n) is 5.58. The Morgan fingerprint density at radius 3 is 1.75 bits per heavy atom. The summed E-state index contributed by atoms with van der Waals surface area (Å²) in [6.45, 7) is 6.26. The molecule has 3 amide bonds. The van der Waals surface area contributed by atoms with Gasteiger partial charge >= 0.3 is 5.97 Å². The molecule has 0 spiro atoms. The Kier molecular flexibility index (Phi) is 17.8. The van der Waals surface area contributed by atoms with Gasteiger partial charge in [0.15, 0.2) is 15.6 Å². The first-order chi connectivity index (χ1) is 26.9. The van der Waals surface area contributed by atoms with E-state index >= 15 is 0 Å². The van der Waals surface area contributed by atoms with Gasteiger partial charge in [0, 0.05) is 36.4 Å². The van der Waals surface area contributed by atoms with Gasteiger partial charge in [-0.05, 0) is 56.5 Å². The predicted molar refractivity (Wildman–Crippen MR) is 204 cm³/mol. The molecule has 15 heteroatoms. The maximum absolute atomic E-state index is 13.7. The molecule has 56 heavy (non-hydrogen) atoms. The molecule has 1 heterocycles. The van der Waals surface area contributed by atoms with Crippen molar-refractivity contribution in [2.75, 3.05) is 65.2 Å². The second kappa shape index (κ2) is 22.7. The molecule has 0 saturated carbocycles. The predicted octanol–water partition coefficient (Wildman–Crippen LogP) is 4.00. The van der Waals surface area contributed by atoms with Crippen LogP contribution in [0, 0.1) is 19.8 Å². The number of carbonyl (C=O) groups excluding carboxylic acids is 5. The number of rotatable bonds is 25. The maximum Gasteiger partial charge on any atom is 0.335 e. The first-order valence-corrected chi connectivity index (χ1v) is 20.2. The zero-order chi connectivity index (χ0) is 40.3. The van der Waals surface area contributed by atoms with Gasteiger partial charge in [-0.1, -0.05) is 59.7 Å². The van der Waals surface area contributed by atoms with Crippen molar-refractivity contribution in [1.82, 2.24) is 10.4 Å². The number of imide groups is 1. The van der Waals surface area contributed by atoms with E-state index in [-0.39, 0.29) is 74.6 Å². The van der Waals surface area contributed by atoms with Crippen LogP contribution < -0.4 is 5.32 Å². The first-order valence-electron chi connectivity index (χ1n) is 18.6. The van der Waals surface area contributed by atoms with E-state index in [1.165, 1.54) is 0 Å². The van der Waals surface area contributed by atoms with Crippen molar-refractivity contribution in [3.8, 4) is 0 Å². The number of sulfone groups is 1. The zero-order valence-electron chi connectivity index (χ0n) is 31.9. The Morgan fingerprint density at radius 2 is 1.18 bits per heavy atom. The summed E-state index contributed by atoms with van der Waals surface area (Å²) in [5, 5.41) is 3.28. The summed E-state index contributed by atoms with van der Waals surface area (Å²) in [6, 6.07) is 20.8. The van der Waals surface area contributed by atoms with Gasteiger partial charge in [-0.15, -0.1) is 5.06 Å². The van der Waals surface area contributed by atoms with Crippen LogP contribution in [0.4, 0.5) is 0 Å². The van der Waals surface area contributed by atoms with Crippen LogP contribution in [0.15, 0.2) is 77.7 Å². The first kappa shape index (κ1) is 43.9. The molecule has 1 atom stereocenters. The van der Waals surface area contributed by atoms with Crippen LogP contribution in [-0.4, -0.2) is 108 Å². The Hall–Kier alpha value is -4.80. The van der Waals surface area contributed by atoms with E-state index in [4.69, 9.17) is 23.8 Å². The molecule has 0 bridgehead atoms. The smallest absolute Gasteiger partial charge is 0.335 e. The van der Waals surface area contributed by atoms with Crippen molar-refractivity contribution in [3.63, 3.8) is 0 Å². The Bertz CT molecular complexity index is 1850. The molecule has 3 aromatic rings. The number of hydrogen-bond donors (Lipinski definition) is 1. The number of nitrogens with zero attached hydrogens (tertiary/aromatic N) is 1. The summed E-state index contributed by atoms with van der Waals surface area (Å²) >= 11 is 0. The number of ketones is 1. The van der Waals surface area contributed by atoms with Gasteiger partial charge in [0.2, 0.25) is 0 Å². The largest absolute Gasteiger partial charge is 0.378 e. The number of hydrogen-bond acceptors (Lipinski definition) is 12. The molecule has 1 aliphatic heterocycles. The number of carbonyl (C=O) groups is 5. The summed E-state index contributed by atoms with van der Waals surface area (Å²) in [4.78, 5) is 66.0. The number of amides is 3. The van der Waals surface area contributed by atoms with E-state index in [0.29, 0.717) is 55.5 Å². The van der Waals surface area contributed by atoms with E-state index in [9.17, 15) is 32.4 Å². The molecule has 0 aromatic heterocycles. The fourth-order valence-corrected chi connectivity index (χ4v) is 7.17. The number of nitrogens with one attached hydrogen (secondary N) is 1. The van der Waals surface area contributed by atoms with E-state index < -0.39 is 33.5 Å². The fraction of sp³-hybridized carbons (Fsp3) is 0.439. The standard InChI is InChI=1S/C41H50N2O12S/c1-30-3-7-32(8-4-30)9-10-35(29-56(49,50)36-15-5-31(2)6-16-36)40(47)33-11-13-34(14-12-33)41(48)42-20-22-52-24-26-54-28-27-53-25-23-51-21-19-39(46)55-43-37(44)17-18-38(43)45/h3-8,11-16,35H,9-10,17-29H2,1-2H3,(H,42,48). The van der Waals surface area contributed by atoms with E-state index in [2.05, 4.69) is 5.32 Å². The van der Waals surface area contributed by atoms with Crippen molar-refractivity contribution >= 4 is 39.3 Å². The highest BCUT2D eigenvalue weighted by Crippen LogP contribution is 2.23. The van der Waals surface area contributed by atoms with Crippen molar-refractivity contribution in [2.24, 2.45) is 5.92 Å². The van der Waals surface area contributed by atoms with Crippen LogP contribution in [0.2, 0.25) is 0 Å². The molecule has 3 aromatic carbocycles. The van der Waals surface area contributed by atoms with E-state index in [1.54, 1.807) is 48.5 Å². The van der Waals surface area contributed by atoms with Gasteiger partial charge in [0.25, 0.3) is 17.7 Å². The molecular weight excluding hydrogens is 745 g/mol. The van der Waals surface area contributed by atoms with Crippen LogP contribution in [0.1, 0.15) is 63.1 Å². The number of hydroxylamine groups is 2. The van der Waals surface area contributed by atoms with E-state index in [0.717, 1.165) is 16.7 Å². The number of ether oxygens (including phenoxy) is 4. The summed E-state index contributed by atoms with van der Waals surface area (Å²) < 4.78 is 48.4. The quantitative estimate of drug-likeness (QED) is 0.0741. The van der Waals surface area contributed by atoms with E-state index in [1.807, 2.05) is 38.1 Å². The zero-order valence-corrected chi connectivity index (χ0v) is 32.7. The lowest BCUT2D eigenvalue weighted by Gasteiger charge is -2.17. The highest BCUT2D eigenvalue weighted by atomic mass is 32.2. The number of Topliss-reactive ketones (excluding diaryl/α,β-unsaturated/α-hetero) is 1. The van der Waals surface area contributed by atoms with Gasteiger partial charge < -0.3 is 29.1 Å². The normalized spacial score (nSPS) is 13.5. The molecule has 1 aliphatic rings. The highest BCUT2D eigenvalue weighted by Gasteiger charge is 2.32. The molecule has 1 saturated heterocycles. The monoisotopic (exact) mass is 794 g/mol. The van der Waals surface area contributed by atoms with Crippen molar-refractivity contribution in [1.29, 1.82) is 0 Å². The molecule has 0 radical (unpaired) electrons. The Balaban J connectivity index is 1.08. The molecule has 1 N–H and O–H groups in total. The average Bonchev–Trinajstić information content (AvgIpc) is 3.50. The summed E-state index contributed by atoms with van der Waals surface area (Å²) in [5.41, 5.74) is 3.77. The van der Waals surface area contributed by atoms with Crippen molar-refractivity contribution < 1.29 is 56.2 Å². The minimum absolute atomic E-state index is 0.0369. The van der Waals surface area contributed by atoms with Crippen LogP contribution >= 0.6 is 0 Å². The second-order valence-corrected chi connectivity index (χ2v) is 15.3. The lowest BCUT2D eigenvalue weighted by atomic mass is 9.92. The minimum atomic E-state index is -3.74. The van der Waals surface area contributed by atoms with Gasteiger partial charge in [-0.2, -0.15) is 0 Å². The molecular formula is C41H50N2O12S. The van der Waals surface area contributed by atoms with Gasteiger partial charge in [-0.25, -0.2) is 13.2 Å². The SMILES string of the molecule is Cc1ccc(CCC(CS(=O)(=O)c2ccc(C)cc2)C(=O)c2ccc(C(=O)NCCOCCOCCOCCOCCC(=O)ON3C(=O)CCC3=O)cc2)cc1. The summed E-state index contributed by atoms with van der Waals surface area (Å²) in [6.07, 6.45) is 0.859. The van der Waals surface area contributed by atoms with Gasteiger partial charge in [0.05, 0.1) is 69.9 Å². The summed E-state index contributed by atoms with van der Waals surface area (Å²) in [5.74, 6) is -3.52. The van der Waals surface area contributed by atoms with Crippen molar-refractivity contribution in [2.45, 2.75) is 50.8 Å². The van der Waals surface area contributed by atoms with Crippen LogP contribution in [-0.2, 0) is 54.4 Å². The average molecular weight is 795 g/mol. The Labute approximate surface area is 327 Å². The minimum Gasteiger partial charge on any atom is -0.378 e. The van der Waals surface area contributed by atoms with Crippen LogP contribution in [0.25, 0.3) is 0 Å². The topological polar surface area (TPSA) is 181 Å². The van der Waals surface area contributed by atoms with Crippen LogP contribution in [0.5, 0.6) is 0 Å². The van der Waals surface area contributed by atoms with Crippen molar-refractivity contribution in [3.05, 3.63) is 101 Å². The third-order valence-electron chi connectivity index (χ3n) is 8.80. The number of aryl methyl sites for hydroxylation is 3. The number of benzene rings is 3. The third-order valence-corrected chi connectivity index (χ3v) is 10.6. The van der Waals surface area contributed by atoms with Gasteiger partial charge in [0.1, 0.15) is 0 Å². The molecule has 14 nitrogen and oxygen atoms in total. The maximum atomic E-state index is 13.7. The lowest BCUT2D eigenvalue weighted by molar-refractivity contribution is -0.198. The van der Waals surface area contributed by atoms with Crippen LogP contribution in [0.3, 0.4) is 0 Å². The lowest BCUT2D eigenvalue weighted by Crippen LogP contribution is -2.32. The van der Waals surface area contributed by atoms with Gasteiger partial charge in [-0.3, -0.25) is 19.2 Å². The molecule has 0 aliphatic carbocycles. The highest BCUT2D eigenvalue weighted by molar-refractivity contribution is 7.91. The molecule has 302 valence electrons. The molecule has 1 fully saturated rings. The Morgan fingerprint density at radius 1 is 0.679 bits per heavy atom. The molecule has 4 rings (SSSR count). The third kappa shape index (κ3) is 14.7. The second-order valence-electron chi connectivity index (χ2n) is 13.3. The molecule has 1 unspecified atom stereocenters.